The molecule has 1 saturated heterocycles. The van der Waals surface area contributed by atoms with E-state index in [1.807, 2.05) is 13.8 Å². The van der Waals surface area contributed by atoms with Gasteiger partial charge in [-0.2, -0.15) is 0 Å². The van der Waals surface area contributed by atoms with Gasteiger partial charge in [0.2, 0.25) is 0 Å². The Morgan fingerprint density at radius 3 is 2.29 bits per heavy atom. The molecule has 1 aliphatic heterocycles. The number of methoxy groups -OCH3 is 2. The third-order valence-corrected chi connectivity index (χ3v) is 3.31. The van der Waals surface area contributed by atoms with Gasteiger partial charge in [-0.05, 0) is 6.42 Å². The number of aliphatic hydroxyl groups excluding tert-OH is 1. The van der Waals surface area contributed by atoms with Gasteiger partial charge < -0.3 is 19.3 Å². The van der Waals surface area contributed by atoms with Gasteiger partial charge in [-0.25, -0.2) is 0 Å². The van der Waals surface area contributed by atoms with E-state index in [4.69, 9.17) is 14.2 Å². The Labute approximate surface area is 85.2 Å². The lowest BCUT2D eigenvalue weighted by molar-refractivity contribution is -0.189. The van der Waals surface area contributed by atoms with Crippen molar-refractivity contribution in [3.63, 3.8) is 0 Å². The molecule has 0 aromatic rings. The van der Waals surface area contributed by atoms with Crippen molar-refractivity contribution in [1.82, 2.24) is 0 Å². The van der Waals surface area contributed by atoms with Crippen LogP contribution in [0, 0.1) is 5.92 Å². The van der Waals surface area contributed by atoms with Crippen molar-refractivity contribution in [2.75, 3.05) is 20.8 Å². The molecule has 2 unspecified atom stereocenters. The molecule has 1 aliphatic rings. The maximum absolute atomic E-state index is 9.38. The lowest BCUT2D eigenvalue weighted by atomic mass is 9.85. The van der Waals surface area contributed by atoms with Crippen LogP contribution in [0.4, 0.5) is 0 Å². The van der Waals surface area contributed by atoms with Crippen molar-refractivity contribution in [2.24, 2.45) is 5.92 Å². The van der Waals surface area contributed by atoms with Crippen LogP contribution < -0.4 is 0 Å². The topological polar surface area (TPSA) is 47.9 Å². The number of ether oxygens (including phenoxy) is 3. The molecule has 0 aromatic carbocycles. The summed E-state index contributed by atoms with van der Waals surface area (Å²) in [5.74, 6) is 0.132. The summed E-state index contributed by atoms with van der Waals surface area (Å²) in [6.07, 6.45) is 0.277. The van der Waals surface area contributed by atoms with Gasteiger partial charge in [0.05, 0.1) is 12.2 Å². The lowest BCUT2D eigenvalue weighted by Crippen LogP contribution is -2.40. The fourth-order valence-electron chi connectivity index (χ4n) is 2.14. The molecule has 0 saturated carbocycles. The van der Waals surface area contributed by atoms with E-state index in [0.29, 0.717) is 0 Å². The molecule has 0 radical (unpaired) electrons. The van der Waals surface area contributed by atoms with Gasteiger partial charge in [-0.1, -0.05) is 13.8 Å². The first-order chi connectivity index (χ1) is 6.65. The highest BCUT2D eigenvalue weighted by Gasteiger charge is 2.52. The first-order valence-corrected chi connectivity index (χ1v) is 4.99. The summed E-state index contributed by atoms with van der Waals surface area (Å²) in [4.78, 5) is 0. The Balaban J connectivity index is 2.83. The maximum atomic E-state index is 9.38. The number of hydrogen-bond donors (Lipinski definition) is 1. The molecule has 4 atom stereocenters. The van der Waals surface area contributed by atoms with Gasteiger partial charge in [0.15, 0.2) is 6.29 Å². The third-order valence-electron chi connectivity index (χ3n) is 3.31. The minimum absolute atomic E-state index is 0.00435. The van der Waals surface area contributed by atoms with E-state index in [1.54, 1.807) is 14.2 Å². The van der Waals surface area contributed by atoms with Gasteiger partial charge in [0, 0.05) is 20.1 Å². The standard InChI is InChI=1S/C10H20O4/c1-5-10(6-11)7(2)8(12-3)9(13-4)14-10/h7-9,11H,5-6H2,1-4H3/t7?,8?,9-,10+/m1/s1. The molecular formula is C10H20O4. The molecule has 1 fully saturated rings. The van der Waals surface area contributed by atoms with Crippen molar-refractivity contribution in [1.29, 1.82) is 0 Å². The molecule has 0 bridgehead atoms. The second-order valence-electron chi connectivity index (χ2n) is 3.79. The average Bonchev–Trinajstić information content (AvgIpc) is 2.51. The van der Waals surface area contributed by atoms with Crippen LogP contribution >= 0.6 is 0 Å². The van der Waals surface area contributed by atoms with Crippen molar-refractivity contribution in [2.45, 2.75) is 38.3 Å². The Morgan fingerprint density at radius 1 is 1.36 bits per heavy atom. The van der Waals surface area contributed by atoms with Crippen LogP contribution in [-0.2, 0) is 14.2 Å². The van der Waals surface area contributed by atoms with Gasteiger partial charge in [0.1, 0.15) is 6.10 Å². The van der Waals surface area contributed by atoms with Crippen molar-refractivity contribution >= 4 is 0 Å². The summed E-state index contributed by atoms with van der Waals surface area (Å²) >= 11 is 0. The molecule has 14 heavy (non-hydrogen) atoms. The molecule has 4 nitrogen and oxygen atoms in total. The average molecular weight is 204 g/mol. The Hall–Kier alpha value is -0.160. The fraction of sp³-hybridized carbons (Fsp3) is 1.00. The number of rotatable bonds is 4. The van der Waals surface area contributed by atoms with E-state index in [0.717, 1.165) is 6.42 Å². The molecule has 0 aliphatic carbocycles. The SMILES string of the molecule is CC[C@@]1(CO)O[C@@H](OC)C(OC)C1C. The largest absolute Gasteiger partial charge is 0.393 e. The molecular weight excluding hydrogens is 184 g/mol. The predicted octanol–water partition coefficient (Wildman–Crippen LogP) is 0.781. The van der Waals surface area contributed by atoms with E-state index in [1.165, 1.54) is 0 Å². The summed E-state index contributed by atoms with van der Waals surface area (Å²) in [6.45, 7) is 4.02. The lowest BCUT2D eigenvalue weighted by Gasteiger charge is -2.29. The van der Waals surface area contributed by atoms with Crippen LogP contribution in [0.15, 0.2) is 0 Å². The van der Waals surface area contributed by atoms with E-state index >= 15 is 0 Å². The second kappa shape index (κ2) is 4.57. The summed E-state index contributed by atoms with van der Waals surface area (Å²) in [5, 5.41) is 9.38. The van der Waals surface area contributed by atoms with Crippen LogP contribution in [0.25, 0.3) is 0 Å². The highest BCUT2D eigenvalue weighted by Crippen LogP contribution is 2.39. The quantitative estimate of drug-likeness (QED) is 0.735. The smallest absolute Gasteiger partial charge is 0.184 e. The van der Waals surface area contributed by atoms with E-state index in [-0.39, 0.29) is 24.9 Å². The molecule has 84 valence electrons. The molecule has 1 heterocycles. The van der Waals surface area contributed by atoms with Crippen molar-refractivity contribution < 1.29 is 19.3 Å². The normalized spacial score (nSPS) is 43.1. The van der Waals surface area contributed by atoms with Gasteiger partial charge >= 0.3 is 0 Å². The zero-order valence-electron chi connectivity index (χ0n) is 9.32. The first kappa shape index (κ1) is 11.9. The zero-order chi connectivity index (χ0) is 10.8. The van der Waals surface area contributed by atoms with Crippen molar-refractivity contribution in [3.8, 4) is 0 Å². The summed E-state index contributed by atoms with van der Waals surface area (Å²) in [5.41, 5.74) is -0.513. The molecule has 1 rings (SSSR count). The fourth-order valence-corrected chi connectivity index (χ4v) is 2.14. The summed E-state index contributed by atoms with van der Waals surface area (Å²) in [7, 11) is 3.23. The van der Waals surface area contributed by atoms with Crippen LogP contribution in [0.3, 0.4) is 0 Å². The Bertz CT molecular complexity index is 179. The molecule has 1 N–H and O–H groups in total. The second-order valence-corrected chi connectivity index (χ2v) is 3.79. The maximum Gasteiger partial charge on any atom is 0.184 e. The molecule has 0 aromatic heterocycles. The third kappa shape index (κ3) is 1.67. The summed E-state index contributed by atoms with van der Waals surface area (Å²) < 4.78 is 16.2. The summed E-state index contributed by atoms with van der Waals surface area (Å²) in [6, 6.07) is 0. The van der Waals surface area contributed by atoms with Gasteiger partial charge in [-0.3, -0.25) is 0 Å². The molecule has 0 spiro atoms. The predicted molar refractivity (Wildman–Crippen MR) is 52.0 cm³/mol. The molecule has 4 heteroatoms. The van der Waals surface area contributed by atoms with Crippen LogP contribution in [0.1, 0.15) is 20.3 Å². The van der Waals surface area contributed by atoms with E-state index in [9.17, 15) is 5.11 Å². The van der Waals surface area contributed by atoms with E-state index in [2.05, 4.69) is 0 Å². The highest BCUT2D eigenvalue weighted by atomic mass is 16.7. The monoisotopic (exact) mass is 204 g/mol. The van der Waals surface area contributed by atoms with Gasteiger partial charge in [0.25, 0.3) is 0 Å². The minimum atomic E-state index is -0.513. The van der Waals surface area contributed by atoms with Crippen molar-refractivity contribution in [3.05, 3.63) is 0 Å². The minimum Gasteiger partial charge on any atom is -0.393 e. The number of aliphatic hydroxyl groups is 1. The molecule has 0 amide bonds. The number of hydrogen-bond acceptors (Lipinski definition) is 4. The first-order valence-electron chi connectivity index (χ1n) is 4.99. The zero-order valence-corrected chi connectivity index (χ0v) is 9.32. The Morgan fingerprint density at radius 2 is 2.00 bits per heavy atom. The van der Waals surface area contributed by atoms with Gasteiger partial charge in [-0.15, -0.1) is 0 Å². The Kier molecular flexibility index (Phi) is 3.89. The van der Waals surface area contributed by atoms with Crippen LogP contribution in [-0.4, -0.2) is 43.9 Å². The van der Waals surface area contributed by atoms with E-state index < -0.39 is 5.60 Å². The highest BCUT2D eigenvalue weighted by molar-refractivity contribution is 4.96. The van der Waals surface area contributed by atoms with Crippen LogP contribution in [0.2, 0.25) is 0 Å². The van der Waals surface area contributed by atoms with Crippen LogP contribution in [0.5, 0.6) is 0 Å².